The summed E-state index contributed by atoms with van der Waals surface area (Å²) in [4.78, 5) is 23.6. The molecule has 6 nitrogen and oxygen atoms in total. The van der Waals surface area contributed by atoms with Crippen molar-refractivity contribution in [2.24, 2.45) is 0 Å². The summed E-state index contributed by atoms with van der Waals surface area (Å²) in [5.74, 6) is 1.38. The fourth-order valence-electron chi connectivity index (χ4n) is 3.44. The van der Waals surface area contributed by atoms with Gasteiger partial charge in [-0.1, -0.05) is 36.4 Å². The average Bonchev–Trinajstić information content (AvgIpc) is 2.74. The standard InChI is InChI=1S/C24H24N4O2/c1-17-7-5-8-18(2)23(17)27-24(29)28-11-3-4-12-30-21-10-6-9-19(14-21)13-20-15-22(28)26-16-25-20/h3-10,14-16H,11-13H2,1-2H3,(H,27,29)/b4-3+. The van der Waals surface area contributed by atoms with Crippen molar-refractivity contribution >= 4 is 17.5 Å². The lowest BCUT2D eigenvalue weighted by atomic mass is 10.1. The molecule has 6 heteroatoms. The molecule has 0 saturated carbocycles. The predicted molar refractivity (Wildman–Crippen MR) is 118 cm³/mol. The first-order valence-corrected chi connectivity index (χ1v) is 9.92. The minimum absolute atomic E-state index is 0.238. The molecule has 4 bridgehead atoms. The van der Waals surface area contributed by atoms with Gasteiger partial charge in [0.1, 0.15) is 24.5 Å². The van der Waals surface area contributed by atoms with E-state index in [2.05, 4.69) is 15.3 Å². The van der Waals surface area contributed by atoms with Crippen LogP contribution in [0.1, 0.15) is 22.4 Å². The monoisotopic (exact) mass is 400 g/mol. The zero-order chi connectivity index (χ0) is 20.9. The number of aromatic nitrogens is 2. The van der Waals surface area contributed by atoms with Crippen LogP contribution < -0.4 is 15.0 Å². The average molecular weight is 400 g/mol. The number of urea groups is 1. The molecule has 0 unspecified atom stereocenters. The summed E-state index contributed by atoms with van der Waals surface area (Å²) in [6, 6.07) is 15.5. The zero-order valence-electron chi connectivity index (χ0n) is 17.1. The van der Waals surface area contributed by atoms with Gasteiger partial charge in [0.15, 0.2) is 0 Å². The summed E-state index contributed by atoms with van der Waals surface area (Å²) in [5, 5.41) is 3.05. The smallest absolute Gasteiger partial charge is 0.327 e. The van der Waals surface area contributed by atoms with Crippen molar-refractivity contribution in [1.29, 1.82) is 0 Å². The lowest BCUT2D eigenvalue weighted by Crippen LogP contribution is -2.36. The van der Waals surface area contributed by atoms with Crippen LogP contribution in [-0.4, -0.2) is 29.2 Å². The summed E-state index contributed by atoms with van der Waals surface area (Å²) in [6.07, 6.45) is 5.96. The number of para-hydroxylation sites is 1. The molecule has 0 saturated heterocycles. The van der Waals surface area contributed by atoms with Gasteiger partial charge >= 0.3 is 6.03 Å². The second kappa shape index (κ2) is 8.78. The minimum atomic E-state index is -0.238. The molecule has 0 fully saturated rings. The lowest BCUT2D eigenvalue weighted by Gasteiger charge is -2.22. The Morgan fingerprint density at radius 3 is 2.67 bits per heavy atom. The molecule has 0 atom stereocenters. The normalized spacial score (nSPS) is 14.5. The molecule has 2 heterocycles. The van der Waals surface area contributed by atoms with Gasteiger partial charge in [0.2, 0.25) is 0 Å². The van der Waals surface area contributed by atoms with Crippen molar-refractivity contribution in [1.82, 2.24) is 9.97 Å². The number of aryl methyl sites for hydroxylation is 2. The van der Waals surface area contributed by atoms with Crippen molar-refractivity contribution in [3.8, 4) is 5.75 Å². The first-order valence-electron chi connectivity index (χ1n) is 9.92. The summed E-state index contributed by atoms with van der Waals surface area (Å²) in [6.45, 7) is 4.76. The largest absolute Gasteiger partial charge is 0.490 e. The maximum atomic E-state index is 13.2. The number of ether oxygens (including phenoxy) is 1. The van der Waals surface area contributed by atoms with Crippen LogP contribution >= 0.6 is 0 Å². The topological polar surface area (TPSA) is 67.4 Å². The highest BCUT2D eigenvalue weighted by Gasteiger charge is 2.18. The van der Waals surface area contributed by atoms with E-state index in [-0.39, 0.29) is 6.03 Å². The van der Waals surface area contributed by atoms with Gasteiger partial charge in [-0.15, -0.1) is 0 Å². The molecule has 30 heavy (non-hydrogen) atoms. The number of nitrogens with one attached hydrogen (secondary N) is 1. The van der Waals surface area contributed by atoms with Gasteiger partial charge in [-0.2, -0.15) is 0 Å². The number of amides is 2. The Morgan fingerprint density at radius 2 is 1.83 bits per heavy atom. The van der Waals surface area contributed by atoms with Crippen LogP contribution in [0.2, 0.25) is 0 Å². The Labute approximate surface area is 176 Å². The summed E-state index contributed by atoms with van der Waals surface area (Å²) in [7, 11) is 0. The second-order valence-electron chi connectivity index (χ2n) is 7.28. The lowest BCUT2D eigenvalue weighted by molar-refractivity contribution is 0.257. The first kappa shape index (κ1) is 19.6. The molecule has 1 aliphatic rings. The van der Waals surface area contributed by atoms with Crippen LogP contribution in [0.5, 0.6) is 5.75 Å². The Kier molecular flexibility index (Phi) is 5.75. The number of fused-ring (bicyclic) bond motifs is 4. The SMILES string of the molecule is Cc1cccc(C)c1NC(=O)N1C/C=C/COc2cccc(c2)Cc2cc1ncn2. The number of hydrogen-bond donors (Lipinski definition) is 1. The first-order chi connectivity index (χ1) is 14.6. The quantitative estimate of drug-likeness (QED) is 0.603. The van der Waals surface area contributed by atoms with Gasteiger partial charge in [-0.3, -0.25) is 4.90 Å². The van der Waals surface area contributed by atoms with Gasteiger partial charge in [-0.05, 0) is 48.7 Å². The maximum absolute atomic E-state index is 13.2. The fraction of sp³-hybridized carbons (Fsp3) is 0.208. The Morgan fingerprint density at radius 1 is 1.03 bits per heavy atom. The number of carbonyl (C=O) groups is 1. The molecular formula is C24H24N4O2. The highest BCUT2D eigenvalue weighted by molar-refractivity contribution is 6.02. The number of anilines is 2. The van der Waals surface area contributed by atoms with Gasteiger partial charge in [0.25, 0.3) is 0 Å². The minimum Gasteiger partial charge on any atom is -0.490 e. The number of carbonyl (C=O) groups excluding carboxylic acids is 1. The van der Waals surface area contributed by atoms with Crippen LogP contribution in [0.15, 0.2) is 67.0 Å². The maximum Gasteiger partial charge on any atom is 0.327 e. The van der Waals surface area contributed by atoms with E-state index >= 15 is 0 Å². The van der Waals surface area contributed by atoms with E-state index in [1.165, 1.54) is 6.33 Å². The Balaban J connectivity index is 1.66. The molecule has 1 N–H and O–H groups in total. The molecule has 2 aromatic carbocycles. The fourth-order valence-corrected chi connectivity index (χ4v) is 3.44. The van der Waals surface area contributed by atoms with Crippen LogP contribution in [0, 0.1) is 13.8 Å². The molecular weight excluding hydrogens is 376 g/mol. The van der Waals surface area contributed by atoms with Crippen molar-refractivity contribution in [3.05, 3.63) is 89.4 Å². The molecule has 0 radical (unpaired) electrons. The molecule has 4 rings (SSSR count). The van der Waals surface area contributed by atoms with E-state index in [1.54, 1.807) is 4.90 Å². The van der Waals surface area contributed by atoms with Gasteiger partial charge in [0.05, 0.1) is 5.69 Å². The van der Waals surface area contributed by atoms with Gasteiger partial charge < -0.3 is 10.1 Å². The van der Waals surface area contributed by atoms with E-state index in [1.807, 2.05) is 74.5 Å². The molecule has 0 aliphatic carbocycles. The van der Waals surface area contributed by atoms with Crippen LogP contribution in [0.3, 0.4) is 0 Å². The highest BCUT2D eigenvalue weighted by atomic mass is 16.5. The summed E-state index contributed by atoms with van der Waals surface area (Å²) in [5.41, 5.74) is 4.78. The number of hydrogen-bond acceptors (Lipinski definition) is 4. The zero-order valence-corrected chi connectivity index (χ0v) is 17.1. The van der Waals surface area contributed by atoms with E-state index in [0.29, 0.717) is 25.4 Å². The Bertz CT molecular complexity index is 1070. The number of benzene rings is 2. The van der Waals surface area contributed by atoms with E-state index in [4.69, 9.17) is 4.74 Å². The van der Waals surface area contributed by atoms with Crippen molar-refractivity contribution < 1.29 is 9.53 Å². The predicted octanol–water partition coefficient (Wildman–Crippen LogP) is 4.67. The summed E-state index contributed by atoms with van der Waals surface area (Å²) < 4.78 is 5.80. The molecule has 2 amide bonds. The second-order valence-corrected chi connectivity index (χ2v) is 7.28. The third kappa shape index (κ3) is 4.49. The number of nitrogens with zero attached hydrogens (tertiary/aromatic N) is 3. The van der Waals surface area contributed by atoms with E-state index in [9.17, 15) is 4.79 Å². The highest BCUT2D eigenvalue weighted by Crippen LogP contribution is 2.22. The van der Waals surface area contributed by atoms with Crippen molar-refractivity contribution in [2.75, 3.05) is 23.4 Å². The molecule has 3 aromatic rings. The third-order valence-corrected chi connectivity index (χ3v) is 5.03. The van der Waals surface area contributed by atoms with Crippen LogP contribution in [-0.2, 0) is 6.42 Å². The Hall–Kier alpha value is -3.67. The molecule has 1 aromatic heterocycles. The third-order valence-electron chi connectivity index (χ3n) is 5.03. The van der Waals surface area contributed by atoms with E-state index in [0.717, 1.165) is 33.8 Å². The van der Waals surface area contributed by atoms with Gasteiger partial charge in [-0.25, -0.2) is 14.8 Å². The molecule has 0 spiro atoms. The number of rotatable bonds is 1. The van der Waals surface area contributed by atoms with Crippen LogP contribution in [0.4, 0.5) is 16.3 Å². The van der Waals surface area contributed by atoms with Crippen molar-refractivity contribution in [2.45, 2.75) is 20.3 Å². The van der Waals surface area contributed by atoms with Gasteiger partial charge in [0, 0.05) is 24.7 Å². The molecule has 1 aliphatic heterocycles. The van der Waals surface area contributed by atoms with E-state index < -0.39 is 0 Å². The molecule has 152 valence electrons. The van der Waals surface area contributed by atoms with Crippen molar-refractivity contribution in [3.63, 3.8) is 0 Å². The summed E-state index contributed by atoms with van der Waals surface area (Å²) >= 11 is 0. The van der Waals surface area contributed by atoms with Crippen LogP contribution in [0.25, 0.3) is 0 Å².